The topological polar surface area (TPSA) is 49.2 Å². The summed E-state index contributed by atoms with van der Waals surface area (Å²) in [5.41, 5.74) is 6.32. The average Bonchev–Trinajstić information content (AvgIpc) is 2.85. The molecule has 0 amide bonds. The summed E-state index contributed by atoms with van der Waals surface area (Å²) >= 11 is 0. The molecule has 1 unspecified atom stereocenters. The van der Waals surface area contributed by atoms with E-state index in [0.717, 1.165) is 59.7 Å². The fourth-order valence-electron chi connectivity index (χ4n) is 4.67. The zero-order valence-corrected chi connectivity index (χ0v) is 18.3. The summed E-state index contributed by atoms with van der Waals surface area (Å²) in [6, 6.07) is 26.4. The van der Waals surface area contributed by atoms with E-state index in [1.165, 1.54) is 5.56 Å². The third-order valence-electron chi connectivity index (χ3n) is 6.34. The van der Waals surface area contributed by atoms with E-state index in [1.54, 1.807) is 6.07 Å². The Labute approximate surface area is 189 Å². The molecule has 4 aromatic rings. The van der Waals surface area contributed by atoms with E-state index in [2.05, 4.69) is 42.3 Å². The molecule has 1 heterocycles. The third kappa shape index (κ3) is 4.09. The second kappa shape index (κ2) is 8.83. The van der Waals surface area contributed by atoms with Crippen molar-refractivity contribution in [1.29, 1.82) is 0 Å². The molecule has 0 spiro atoms. The molecular weight excluding hydrogens is 394 g/mol. The highest BCUT2D eigenvalue weighted by Gasteiger charge is 2.23. The van der Waals surface area contributed by atoms with Gasteiger partial charge in [-0.3, -0.25) is 4.98 Å². The fourth-order valence-corrected chi connectivity index (χ4v) is 4.67. The second-order valence-electron chi connectivity index (χ2n) is 8.56. The van der Waals surface area contributed by atoms with Crippen molar-refractivity contribution in [2.24, 2.45) is 5.92 Å². The number of phenols is 1. The van der Waals surface area contributed by atoms with Crippen LogP contribution in [0.3, 0.4) is 0 Å². The molecule has 1 aliphatic rings. The van der Waals surface area contributed by atoms with Crippen LogP contribution in [0.25, 0.3) is 22.5 Å². The largest absolute Gasteiger partial charge is 0.508 e. The van der Waals surface area contributed by atoms with Crippen LogP contribution >= 0.6 is 0 Å². The van der Waals surface area contributed by atoms with Gasteiger partial charge in [0.15, 0.2) is 0 Å². The number of aromatic nitrogens is 2. The number of rotatable bonds is 5. The summed E-state index contributed by atoms with van der Waals surface area (Å²) in [7, 11) is 2.10. The number of hydrogen-bond donors (Lipinski definition) is 1. The van der Waals surface area contributed by atoms with Gasteiger partial charge in [-0.25, -0.2) is 4.98 Å². The zero-order chi connectivity index (χ0) is 21.9. The van der Waals surface area contributed by atoms with Crippen molar-refractivity contribution in [1.82, 2.24) is 9.97 Å². The van der Waals surface area contributed by atoms with Crippen LogP contribution in [0, 0.1) is 5.92 Å². The maximum Gasteiger partial charge on any atom is 0.147 e. The van der Waals surface area contributed by atoms with E-state index >= 15 is 0 Å². The Morgan fingerprint density at radius 3 is 2.28 bits per heavy atom. The van der Waals surface area contributed by atoms with E-state index in [9.17, 15) is 5.11 Å². The number of aromatic hydroxyl groups is 1. The first kappa shape index (κ1) is 20.3. The summed E-state index contributed by atoms with van der Waals surface area (Å²) in [5.74, 6) is 1.83. The van der Waals surface area contributed by atoms with Crippen molar-refractivity contribution in [2.45, 2.75) is 19.3 Å². The van der Waals surface area contributed by atoms with Crippen molar-refractivity contribution in [3.05, 3.63) is 96.2 Å². The van der Waals surface area contributed by atoms with Gasteiger partial charge >= 0.3 is 0 Å². The second-order valence-corrected chi connectivity index (χ2v) is 8.56. The summed E-state index contributed by atoms with van der Waals surface area (Å²) in [4.78, 5) is 12.1. The fraction of sp³-hybridized carbons (Fsp3) is 0.214. The van der Waals surface area contributed by atoms with Crippen LogP contribution in [0.1, 0.15) is 17.5 Å². The van der Waals surface area contributed by atoms with Crippen molar-refractivity contribution in [3.63, 3.8) is 0 Å². The maximum atomic E-state index is 10.1. The molecule has 160 valence electrons. The van der Waals surface area contributed by atoms with E-state index in [4.69, 9.17) is 9.97 Å². The quantitative estimate of drug-likeness (QED) is 0.445. The van der Waals surface area contributed by atoms with Gasteiger partial charge < -0.3 is 10.0 Å². The lowest BCUT2D eigenvalue weighted by Gasteiger charge is -2.29. The van der Waals surface area contributed by atoms with E-state index in [0.29, 0.717) is 11.7 Å². The Kier molecular flexibility index (Phi) is 5.59. The Balaban J connectivity index is 1.42. The van der Waals surface area contributed by atoms with Crippen LogP contribution in [-0.4, -0.2) is 28.7 Å². The predicted molar refractivity (Wildman–Crippen MR) is 130 cm³/mol. The van der Waals surface area contributed by atoms with Crippen LogP contribution in [0.15, 0.2) is 85.1 Å². The first-order valence-corrected chi connectivity index (χ1v) is 11.2. The molecular formula is C28H27N3O. The van der Waals surface area contributed by atoms with Crippen LogP contribution in [0.2, 0.25) is 0 Å². The molecule has 32 heavy (non-hydrogen) atoms. The van der Waals surface area contributed by atoms with Gasteiger partial charge in [0.1, 0.15) is 11.6 Å². The van der Waals surface area contributed by atoms with Crippen LogP contribution in [-0.2, 0) is 12.8 Å². The molecule has 0 saturated heterocycles. The van der Waals surface area contributed by atoms with Gasteiger partial charge in [0.05, 0.1) is 17.6 Å². The summed E-state index contributed by atoms with van der Waals surface area (Å²) in [6.45, 7) is 0.905. The van der Waals surface area contributed by atoms with E-state index in [1.807, 2.05) is 48.7 Å². The van der Waals surface area contributed by atoms with Crippen molar-refractivity contribution < 1.29 is 5.11 Å². The number of anilines is 1. The highest BCUT2D eigenvalue weighted by atomic mass is 16.3. The molecule has 0 aliphatic heterocycles. The molecule has 0 radical (unpaired) electrons. The van der Waals surface area contributed by atoms with Gasteiger partial charge in [-0.1, -0.05) is 72.8 Å². The molecule has 1 N–H and O–H groups in total. The Bertz CT molecular complexity index is 1210. The minimum atomic E-state index is 0.434. The molecule has 0 saturated carbocycles. The summed E-state index contributed by atoms with van der Waals surface area (Å²) in [6.07, 6.45) is 4.86. The molecule has 4 heteroatoms. The van der Waals surface area contributed by atoms with Gasteiger partial charge in [-0.2, -0.15) is 0 Å². The summed E-state index contributed by atoms with van der Waals surface area (Å²) < 4.78 is 0. The number of hydrogen-bond acceptors (Lipinski definition) is 4. The van der Waals surface area contributed by atoms with E-state index < -0.39 is 0 Å². The van der Waals surface area contributed by atoms with E-state index in [-0.39, 0.29) is 0 Å². The predicted octanol–water partition coefficient (Wildman–Crippen LogP) is 5.76. The van der Waals surface area contributed by atoms with Crippen molar-refractivity contribution in [2.75, 3.05) is 18.5 Å². The van der Waals surface area contributed by atoms with Gasteiger partial charge in [0, 0.05) is 24.7 Å². The monoisotopic (exact) mass is 421 g/mol. The molecule has 3 aromatic carbocycles. The van der Waals surface area contributed by atoms with Crippen molar-refractivity contribution >= 4 is 5.82 Å². The minimum absolute atomic E-state index is 0.434. The Morgan fingerprint density at radius 1 is 0.875 bits per heavy atom. The molecule has 4 nitrogen and oxygen atoms in total. The average molecular weight is 422 g/mol. The number of fused-ring (bicyclic) bond motifs is 1. The number of nitrogens with zero attached hydrogens (tertiary/aromatic N) is 3. The minimum Gasteiger partial charge on any atom is -0.508 e. The van der Waals surface area contributed by atoms with Gasteiger partial charge in [-0.05, 0) is 42.4 Å². The first-order valence-electron chi connectivity index (χ1n) is 11.2. The lowest BCUT2D eigenvalue weighted by atomic mass is 9.83. The molecule has 1 aliphatic carbocycles. The van der Waals surface area contributed by atoms with Crippen LogP contribution in [0.4, 0.5) is 5.82 Å². The van der Waals surface area contributed by atoms with Gasteiger partial charge in [-0.15, -0.1) is 0 Å². The number of benzene rings is 3. The molecule has 0 bridgehead atoms. The van der Waals surface area contributed by atoms with Crippen molar-refractivity contribution in [3.8, 4) is 28.3 Å². The lowest BCUT2D eigenvalue weighted by molar-refractivity contribution is 0.429. The molecule has 1 aromatic heterocycles. The first-order chi connectivity index (χ1) is 15.7. The standard InChI is InChI=1S/C28H27N3O/c1-31(19-20-15-16-24-23(17-20)13-8-14-25(24)32)26-18-29-27(21-9-4-2-5-10-21)28(30-26)22-11-6-3-7-12-22/h2-14,18,20,32H,15-17,19H2,1H3. The molecule has 5 rings (SSSR count). The highest BCUT2D eigenvalue weighted by molar-refractivity contribution is 5.78. The van der Waals surface area contributed by atoms with Crippen LogP contribution < -0.4 is 4.90 Å². The third-order valence-corrected chi connectivity index (χ3v) is 6.34. The Hall–Kier alpha value is -3.66. The maximum absolute atomic E-state index is 10.1. The smallest absolute Gasteiger partial charge is 0.147 e. The van der Waals surface area contributed by atoms with Gasteiger partial charge in [0.2, 0.25) is 0 Å². The SMILES string of the molecule is CN(CC1CCc2c(O)cccc2C1)c1cnc(-c2ccccc2)c(-c2ccccc2)n1. The molecule has 0 fully saturated rings. The summed E-state index contributed by atoms with van der Waals surface area (Å²) in [5, 5.41) is 10.1. The lowest BCUT2D eigenvalue weighted by Crippen LogP contribution is -2.30. The number of phenolic OH excluding ortho intramolecular Hbond substituents is 1. The zero-order valence-electron chi connectivity index (χ0n) is 18.3. The molecule has 1 atom stereocenters. The highest BCUT2D eigenvalue weighted by Crippen LogP contribution is 2.33. The van der Waals surface area contributed by atoms with Crippen LogP contribution in [0.5, 0.6) is 5.75 Å². The Morgan fingerprint density at radius 2 is 1.56 bits per heavy atom. The van der Waals surface area contributed by atoms with Gasteiger partial charge in [0.25, 0.3) is 0 Å². The normalized spacial score (nSPS) is 15.2.